The molecule has 2 unspecified atom stereocenters. The largest absolute Gasteiger partial charge is 0.497 e. The number of carbonyl (C=O) groups is 1. The summed E-state index contributed by atoms with van der Waals surface area (Å²) in [5.41, 5.74) is 0.0356. The van der Waals surface area contributed by atoms with Crippen LogP contribution in [-0.4, -0.2) is 91.1 Å². The molecule has 2 heterocycles. The number of unbranched alkanes of at least 4 members (excludes halogenated alkanes) is 17. The second-order valence-electron chi connectivity index (χ2n) is 21.3. The molecule has 0 saturated carbocycles. The number of nitriles is 1. The molecule has 2 N–H and O–H groups in total. The molecule has 0 aliphatic carbocycles. The zero-order valence-electron chi connectivity index (χ0n) is 48.7. The van der Waals surface area contributed by atoms with E-state index in [0.717, 1.165) is 48.8 Å². The van der Waals surface area contributed by atoms with E-state index in [2.05, 4.69) is 55.7 Å². The quantitative estimate of drug-likeness (QED) is 0.0245. The van der Waals surface area contributed by atoms with Crippen molar-refractivity contribution in [1.29, 1.82) is 5.26 Å². The van der Waals surface area contributed by atoms with Crippen molar-refractivity contribution in [1.82, 2.24) is 19.5 Å². The maximum absolute atomic E-state index is 13.7. The molecule has 3 aromatic carbocycles. The van der Waals surface area contributed by atoms with E-state index in [9.17, 15) is 19.6 Å². The summed E-state index contributed by atoms with van der Waals surface area (Å²) in [6.07, 6.45) is 21.1. The minimum absolute atomic E-state index is 0.0169. The van der Waals surface area contributed by atoms with Crippen LogP contribution in [0, 0.1) is 11.3 Å². The Labute approximate surface area is 473 Å². The van der Waals surface area contributed by atoms with Gasteiger partial charge in [0.2, 0.25) is 5.91 Å². The molecule has 0 spiro atoms. The number of aromatic nitrogens is 2. The summed E-state index contributed by atoms with van der Waals surface area (Å²) in [7, 11) is 1.41. The van der Waals surface area contributed by atoms with Crippen molar-refractivity contribution in [2.45, 2.75) is 212 Å². The van der Waals surface area contributed by atoms with Gasteiger partial charge in [0, 0.05) is 43.9 Å². The van der Waals surface area contributed by atoms with Gasteiger partial charge >= 0.3 is 5.69 Å². The minimum atomic E-state index is -1.85. The Balaban J connectivity index is 1.29. The van der Waals surface area contributed by atoms with Crippen LogP contribution >= 0.6 is 8.53 Å². The van der Waals surface area contributed by atoms with Crippen molar-refractivity contribution in [3.05, 3.63) is 129 Å². The number of carbonyl (C=O) groups excluding carboxylic acids is 1. The average molecular weight is 1110 g/mol. The van der Waals surface area contributed by atoms with Gasteiger partial charge in [-0.2, -0.15) is 5.26 Å². The molecule has 1 aliphatic heterocycles. The van der Waals surface area contributed by atoms with E-state index < -0.39 is 49.9 Å². The number of ether oxygens (including phenoxy) is 5. The van der Waals surface area contributed by atoms with Crippen LogP contribution in [0.15, 0.2) is 101 Å². The average Bonchev–Trinajstić information content (AvgIpc) is 3.79. The molecule has 1 saturated heterocycles. The standard InChI is InChI=1S/C63H94N5O10P/c1-8-9-10-11-12-13-14-15-16-17-18-19-20-21-27-33-57(69)65-44-28-22-23-29-46-74-60-59(78-79(76-47-30-43-64)68(49(2)3)50(4)5)56(77-61(60)67-45-42-58(70)66-62(67)71)48-75-63(51-31-25-24-26-32-51,52-34-38-54(72-6)39-35-52)53-36-40-55(73-7)41-37-53/h24-26,31-32,34-42,45,49-50,56,59-61H,8-23,27-30,33,44,46-48H2,1-7H3,(H,65,69)(H,66,70,71)/t56-,59?,60+,61-,79?/m1/s1. The number of hydrogen-bond donors (Lipinski definition) is 2. The molecule has 1 aliphatic rings. The van der Waals surface area contributed by atoms with Crippen molar-refractivity contribution in [2.24, 2.45) is 0 Å². The lowest BCUT2D eigenvalue weighted by Gasteiger charge is -2.39. The van der Waals surface area contributed by atoms with Crippen molar-refractivity contribution in [3.63, 3.8) is 0 Å². The molecule has 79 heavy (non-hydrogen) atoms. The highest BCUT2D eigenvalue weighted by molar-refractivity contribution is 7.44. The van der Waals surface area contributed by atoms with Gasteiger partial charge in [-0.05, 0) is 87.9 Å². The van der Waals surface area contributed by atoms with Crippen LogP contribution in [-0.2, 0) is 33.7 Å². The monoisotopic (exact) mass is 1110 g/mol. The molecular weight excluding hydrogens is 1020 g/mol. The van der Waals surface area contributed by atoms with Gasteiger partial charge < -0.3 is 38.0 Å². The second kappa shape index (κ2) is 36.4. The normalized spacial score (nSPS) is 16.9. The maximum Gasteiger partial charge on any atom is 0.330 e. The topological polar surface area (TPSA) is 176 Å². The highest BCUT2D eigenvalue weighted by atomic mass is 31.2. The van der Waals surface area contributed by atoms with Gasteiger partial charge in [-0.3, -0.25) is 19.1 Å². The first-order valence-corrected chi connectivity index (χ1v) is 30.7. The Morgan fingerprint density at radius 2 is 1.24 bits per heavy atom. The number of hydrogen-bond acceptors (Lipinski definition) is 12. The zero-order valence-corrected chi connectivity index (χ0v) is 49.6. The van der Waals surface area contributed by atoms with Crippen LogP contribution in [0.4, 0.5) is 0 Å². The molecule has 0 radical (unpaired) electrons. The van der Waals surface area contributed by atoms with Gasteiger partial charge in [0.25, 0.3) is 14.1 Å². The SMILES string of the molecule is CCCCCCCCCCCCCCCCCC(=O)NCCCCCCO[C@H]1C(OP(OCCC#N)N(C(C)C)C(C)C)[C@@H](COC(c2ccccc2)(c2ccc(OC)cc2)c2ccc(OC)cc2)O[C@H]1n1ccc(=O)[nH]c1=O. The lowest BCUT2D eigenvalue weighted by atomic mass is 9.80. The lowest BCUT2D eigenvalue weighted by molar-refractivity contribution is -0.121. The van der Waals surface area contributed by atoms with E-state index in [1.54, 1.807) is 14.2 Å². The van der Waals surface area contributed by atoms with E-state index in [-0.39, 0.29) is 37.6 Å². The molecular formula is C63H94N5O10P. The highest BCUT2D eigenvalue weighted by Gasteiger charge is 2.51. The number of nitrogens with one attached hydrogen (secondary N) is 2. The van der Waals surface area contributed by atoms with Gasteiger partial charge in [-0.25, -0.2) is 9.46 Å². The summed E-state index contributed by atoms with van der Waals surface area (Å²) in [6, 6.07) is 28.9. The molecule has 15 nitrogen and oxygen atoms in total. The summed E-state index contributed by atoms with van der Waals surface area (Å²) in [4.78, 5) is 41.3. The number of benzene rings is 3. The fourth-order valence-electron chi connectivity index (χ4n) is 10.5. The minimum Gasteiger partial charge on any atom is -0.497 e. The summed E-state index contributed by atoms with van der Waals surface area (Å²) in [5, 5.41) is 12.7. The first-order valence-electron chi connectivity index (χ1n) is 29.6. The van der Waals surface area contributed by atoms with Gasteiger partial charge in [0.15, 0.2) is 6.23 Å². The summed E-state index contributed by atoms with van der Waals surface area (Å²) < 4.78 is 49.6. The predicted octanol–water partition coefficient (Wildman–Crippen LogP) is 13.4. The molecule has 0 bridgehead atoms. The lowest BCUT2D eigenvalue weighted by Crippen LogP contribution is -2.43. The predicted molar refractivity (Wildman–Crippen MR) is 314 cm³/mol. The van der Waals surface area contributed by atoms with Crippen molar-refractivity contribution >= 4 is 14.4 Å². The molecule has 436 valence electrons. The molecule has 5 atom stereocenters. The fraction of sp³-hybridized carbons (Fsp3) is 0.619. The maximum atomic E-state index is 13.7. The Morgan fingerprint density at radius 3 is 1.77 bits per heavy atom. The van der Waals surface area contributed by atoms with Gasteiger partial charge in [-0.1, -0.05) is 164 Å². The number of amides is 1. The molecule has 4 aromatic rings. The summed E-state index contributed by atoms with van der Waals surface area (Å²) in [6.45, 7) is 11.5. The van der Waals surface area contributed by atoms with Crippen LogP contribution in [0.25, 0.3) is 0 Å². The molecule has 1 amide bonds. The number of rotatable bonds is 41. The van der Waals surface area contributed by atoms with Gasteiger partial charge in [0.1, 0.15) is 35.4 Å². The van der Waals surface area contributed by atoms with Crippen LogP contribution in [0.3, 0.4) is 0 Å². The number of nitrogens with zero attached hydrogens (tertiary/aromatic N) is 3. The number of aromatic amines is 1. The number of H-pyrrole nitrogens is 1. The second-order valence-corrected chi connectivity index (χ2v) is 22.7. The van der Waals surface area contributed by atoms with E-state index in [4.69, 9.17) is 32.7 Å². The Kier molecular flexibility index (Phi) is 29.9. The fourth-order valence-corrected chi connectivity index (χ4v) is 12.2. The van der Waals surface area contributed by atoms with Crippen LogP contribution in [0.5, 0.6) is 11.5 Å². The van der Waals surface area contributed by atoms with Crippen molar-refractivity contribution in [2.75, 3.05) is 40.6 Å². The summed E-state index contributed by atoms with van der Waals surface area (Å²) >= 11 is 0. The summed E-state index contributed by atoms with van der Waals surface area (Å²) in [5.74, 6) is 1.48. The van der Waals surface area contributed by atoms with E-state index >= 15 is 0 Å². The smallest absolute Gasteiger partial charge is 0.330 e. The van der Waals surface area contributed by atoms with E-state index in [1.807, 2.05) is 78.9 Å². The highest BCUT2D eigenvalue weighted by Crippen LogP contribution is 2.51. The number of methoxy groups -OCH3 is 2. The third-order valence-corrected chi connectivity index (χ3v) is 16.8. The van der Waals surface area contributed by atoms with Gasteiger partial charge in [-0.15, -0.1) is 0 Å². The van der Waals surface area contributed by atoms with E-state index in [0.29, 0.717) is 37.5 Å². The molecule has 1 aromatic heterocycles. The van der Waals surface area contributed by atoms with E-state index in [1.165, 1.54) is 100 Å². The van der Waals surface area contributed by atoms with Crippen molar-refractivity contribution in [3.8, 4) is 17.6 Å². The zero-order chi connectivity index (χ0) is 56.7. The van der Waals surface area contributed by atoms with Crippen LogP contribution in [0.2, 0.25) is 0 Å². The Bertz CT molecular complexity index is 2390. The van der Waals surface area contributed by atoms with Crippen LogP contribution < -0.4 is 26.0 Å². The first-order chi connectivity index (χ1) is 38.5. The Hall–Kier alpha value is -4.91. The third-order valence-electron chi connectivity index (χ3n) is 14.6. The van der Waals surface area contributed by atoms with Crippen LogP contribution in [0.1, 0.15) is 192 Å². The first kappa shape index (κ1) is 64.9. The molecule has 5 rings (SSSR count). The Morgan fingerprint density at radius 1 is 0.709 bits per heavy atom. The van der Waals surface area contributed by atoms with Gasteiger partial charge in [0.05, 0.1) is 39.9 Å². The third kappa shape index (κ3) is 20.9. The molecule has 16 heteroatoms. The van der Waals surface area contributed by atoms with Crippen molar-refractivity contribution < 1.29 is 37.5 Å². The molecule has 1 fully saturated rings.